The number of hydrogen-bond acceptors (Lipinski definition) is 5. The Labute approximate surface area is 92.7 Å². The van der Waals surface area contributed by atoms with Gasteiger partial charge >= 0.3 is 5.97 Å². The van der Waals surface area contributed by atoms with Gasteiger partial charge in [0.25, 0.3) is 0 Å². The van der Waals surface area contributed by atoms with Gasteiger partial charge in [-0.05, 0) is 21.0 Å². The van der Waals surface area contributed by atoms with Crippen LogP contribution in [0.3, 0.4) is 0 Å². The zero-order valence-electron chi connectivity index (χ0n) is 9.02. The summed E-state index contributed by atoms with van der Waals surface area (Å²) < 4.78 is 0. The molecule has 2 N–H and O–H groups in total. The number of aromatic nitrogens is 1. The van der Waals surface area contributed by atoms with E-state index in [4.69, 9.17) is 5.11 Å². The number of carbonyl (C=O) groups is 1. The van der Waals surface area contributed by atoms with Gasteiger partial charge in [0, 0.05) is 12.6 Å². The summed E-state index contributed by atoms with van der Waals surface area (Å²) in [6.07, 6.45) is 1.37. The van der Waals surface area contributed by atoms with Crippen molar-refractivity contribution in [3.63, 3.8) is 0 Å². The molecule has 0 amide bonds. The molecular formula is C9H15N3O2S. The van der Waals surface area contributed by atoms with Crippen LogP contribution in [0.25, 0.3) is 0 Å². The molecule has 1 rings (SSSR count). The molecule has 0 aromatic carbocycles. The second-order valence-corrected chi connectivity index (χ2v) is 4.67. The van der Waals surface area contributed by atoms with Crippen LogP contribution in [0.2, 0.25) is 0 Å². The Kier molecular flexibility index (Phi) is 4.05. The molecule has 1 heterocycles. The average Bonchev–Trinajstić information content (AvgIpc) is 2.50. The first-order chi connectivity index (χ1) is 6.99. The maximum absolute atomic E-state index is 10.6. The van der Waals surface area contributed by atoms with E-state index in [1.807, 2.05) is 21.0 Å². The van der Waals surface area contributed by atoms with Gasteiger partial charge in [-0.3, -0.25) is 0 Å². The Morgan fingerprint density at radius 1 is 1.73 bits per heavy atom. The monoisotopic (exact) mass is 229 g/mol. The minimum Gasteiger partial charge on any atom is -0.477 e. The van der Waals surface area contributed by atoms with Gasteiger partial charge in [-0.2, -0.15) is 0 Å². The molecule has 1 atom stereocenters. The fraction of sp³-hybridized carbons (Fsp3) is 0.556. The predicted octanol–water partition coefficient (Wildman–Crippen LogP) is 1.20. The van der Waals surface area contributed by atoms with Gasteiger partial charge < -0.3 is 15.3 Å². The van der Waals surface area contributed by atoms with Crippen LogP contribution in [-0.2, 0) is 0 Å². The van der Waals surface area contributed by atoms with E-state index in [2.05, 4.69) is 15.2 Å². The number of nitrogens with zero attached hydrogens (tertiary/aromatic N) is 2. The standard InChI is InChI=1S/C9H15N3O2S/c1-6(5-12(2)3)11-9-10-4-7(15-9)8(13)14/h4,6H,5H2,1-3H3,(H,10,11)(H,13,14). The van der Waals surface area contributed by atoms with E-state index in [-0.39, 0.29) is 10.9 Å². The summed E-state index contributed by atoms with van der Waals surface area (Å²) >= 11 is 1.16. The molecule has 1 aromatic heterocycles. The third-order valence-electron chi connectivity index (χ3n) is 1.73. The van der Waals surface area contributed by atoms with Crippen LogP contribution in [0.4, 0.5) is 5.13 Å². The Morgan fingerprint density at radius 2 is 2.40 bits per heavy atom. The van der Waals surface area contributed by atoms with Crippen LogP contribution in [0.1, 0.15) is 16.6 Å². The highest BCUT2D eigenvalue weighted by Gasteiger charge is 2.10. The minimum atomic E-state index is -0.930. The van der Waals surface area contributed by atoms with Crippen molar-refractivity contribution in [1.82, 2.24) is 9.88 Å². The van der Waals surface area contributed by atoms with Crippen molar-refractivity contribution < 1.29 is 9.90 Å². The Bertz CT molecular complexity index is 338. The smallest absolute Gasteiger partial charge is 0.347 e. The highest BCUT2D eigenvalue weighted by molar-refractivity contribution is 7.17. The quantitative estimate of drug-likeness (QED) is 0.794. The number of thiazole rings is 1. The molecule has 0 radical (unpaired) electrons. The van der Waals surface area contributed by atoms with Gasteiger partial charge in [-0.25, -0.2) is 9.78 Å². The second-order valence-electron chi connectivity index (χ2n) is 3.64. The third kappa shape index (κ3) is 3.85. The molecule has 0 fully saturated rings. The third-order valence-corrected chi connectivity index (χ3v) is 2.64. The molecule has 6 heteroatoms. The first kappa shape index (κ1) is 11.9. The van der Waals surface area contributed by atoms with E-state index in [9.17, 15) is 4.79 Å². The van der Waals surface area contributed by atoms with Crippen molar-refractivity contribution in [3.05, 3.63) is 11.1 Å². The molecule has 0 bridgehead atoms. The van der Waals surface area contributed by atoms with Crippen LogP contribution >= 0.6 is 11.3 Å². The van der Waals surface area contributed by atoms with Crippen molar-refractivity contribution in [2.75, 3.05) is 26.0 Å². The first-order valence-corrected chi connectivity index (χ1v) is 5.41. The van der Waals surface area contributed by atoms with E-state index >= 15 is 0 Å². The number of nitrogens with one attached hydrogen (secondary N) is 1. The van der Waals surface area contributed by atoms with Crippen molar-refractivity contribution in [2.24, 2.45) is 0 Å². The number of carboxylic acids is 1. The highest BCUT2D eigenvalue weighted by Crippen LogP contribution is 2.18. The van der Waals surface area contributed by atoms with Gasteiger partial charge in [0.15, 0.2) is 5.13 Å². The number of hydrogen-bond donors (Lipinski definition) is 2. The second kappa shape index (κ2) is 5.09. The summed E-state index contributed by atoms with van der Waals surface area (Å²) in [7, 11) is 3.98. The van der Waals surface area contributed by atoms with Crippen LogP contribution in [0.5, 0.6) is 0 Å². The fourth-order valence-corrected chi connectivity index (χ4v) is 2.01. The number of carboxylic acid groups (broad SMARTS) is 1. The molecule has 0 spiro atoms. The van der Waals surface area contributed by atoms with Gasteiger partial charge in [0.05, 0.1) is 6.20 Å². The van der Waals surface area contributed by atoms with Crippen LogP contribution < -0.4 is 5.32 Å². The summed E-state index contributed by atoms with van der Waals surface area (Å²) in [6.45, 7) is 2.91. The molecule has 0 aliphatic rings. The molecule has 1 unspecified atom stereocenters. The molecule has 0 aliphatic carbocycles. The molecular weight excluding hydrogens is 214 g/mol. The van der Waals surface area contributed by atoms with Crippen molar-refractivity contribution >= 4 is 22.4 Å². The largest absolute Gasteiger partial charge is 0.477 e. The van der Waals surface area contributed by atoms with Gasteiger partial charge in [0.1, 0.15) is 4.88 Å². The molecule has 0 saturated carbocycles. The normalized spacial score (nSPS) is 12.8. The summed E-state index contributed by atoms with van der Waals surface area (Å²) in [6, 6.07) is 0.243. The van der Waals surface area contributed by atoms with E-state index in [1.54, 1.807) is 0 Å². The van der Waals surface area contributed by atoms with Crippen LogP contribution in [0, 0.1) is 0 Å². The van der Waals surface area contributed by atoms with E-state index in [0.717, 1.165) is 17.9 Å². The lowest BCUT2D eigenvalue weighted by Crippen LogP contribution is -2.29. The SMILES string of the molecule is CC(CN(C)C)Nc1ncc(C(=O)O)s1. The average molecular weight is 229 g/mol. The van der Waals surface area contributed by atoms with Crippen LogP contribution in [0.15, 0.2) is 6.20 Å². The molecule has 1 aromatic rings. The van der Waals surface area contributed by atoms with E-state index in [1.165, 1.54) is 6.20 Å². The minimum absolute atomic E-state index is 0.243. The summed E-state index contributed by atoms with van der Waals surface area (Å²) in [5, 5.41) is 12.5. The van der Waals surface area contributed by atoms with E-state index in [0.29, 0.717) is 5.13 Å². The topological polar surface area (TPSA) is 65.5 Å². The summed E-state index contributed by atoms with van der Waals surface area (Å²) in [4.78, 5) is 16.9. The summed E-state index contributed by atoms with van der Waals surface area (Å²) in [5.41, 5.74) is 0. The lowest BCUT2D eigenvalue weighted by Gasteiger charge is -2.17. The van der Waals surface area contributed by atoms with Gasteiger partial charge in [-0.1, -0.05) is 11.3 Å². The fourth-order valence-electron chi connectivity index (χ4n) is 1.24. The molecule has 84 valence electrons. The number of likely N-dealkylation sites (N-methyl/N-ethyl adjacent to an activating group) is 1. The van der Waals surface area contributed by atoms with Crippen LogP contribution in [-0.4, -0.2) is 47.6 Å². The molecule has 0 aliphatic heterocycles. The summed E-state index contributed by atoms with van der Waals surface area (Å²) in [5.74, 6) is -0.930. The number of rotatable bonds is 5. The predicted molar refractivity (Wildman–Crippen MR) is 60.7 cm³/mol. The Morgan fingerprint density at radius 3 is 2.87 bits per heavy atom. The first-order valence-electron chi connectivity index (χ1n) is 4.59. The van der Waals surface area contributed by atoms with Gasteiger partial charge in [-0.15, -0.1) is 0 Å². The number of anilines is 1. The zero-order chi connectivity index (χ0) is 11.4. The van der Waals surface area contributed by atoms with Crippen molar-refractivity contribution in [3.8, 4) is 0 Å². The van der Waals surface area contributed by atoms with Crippen molar-refractivity contribution in [2.45, 2.75) is 13.0 Å². The van der Waals surface area contributed by atoms with E-state index < -0.39 is 5.97 Å². The maximum atomic E-state index is 10.6. The lowest BCUT2D eigenvalue weighted by atomic mass is 10.3. The highest BCUT2D eigenvalue weighted by atomic mass is 32.1. The number of aromatic carboxylic acids is 1. The van der Waals surface area contributed by atoms with Crippen molar-refractivity contribution in [1.29, 1.82) is 0 Å². The lowest BCUT2D eigenvalue weighted by molar-refractivity contribution is 0.0702. The Balaban J connectivity index is 2.53. The maximum Gasteiger partial charge on any atom is 0.347 e. The molecule has 5 nitrogen and oxygen atoms in total. The molecule has 15 heavy (non-hydrogen) atoms. The van der Waals surface area contributed by atoms with Gasteiger partial charge in [0.2, 0.25) is 0 Å². The zero-order valence-corrected chi connectivity index (χ0v) is 9.84. The molecule has 0 saturated heterocycles. The Hall–Kier alpha value is -1.14.